The number of nitrogens with one attached hydrogen (secondary N) is 1. The number of aromatic nitrogens is 5. The van der Waals surface area contributed by atoms with E-state index in [0.29, 0.717) is 17.9 Å². The van der Waals surface area contributed by atoms with Crippen LogP contribution in [0.3, 0.4) is 0 Å². The van der Waals surface area contributed by atoms with Crippen molar-refractivity contribution in [3.63, 3.8) is 0 Å². The standard InChI is InChI=1S/C25H24N6O5/c1-3-12-30-24(34)29-23(31(25(30)35)15-17-6-4-16(2)5-7-17)27-18-8-10-19(11-9-18)36-21-14-26-13-20(28-21)22(32)33/h4-11,13-14H,3,12,15H2,1-2H3,(H,32,33)(H,27,29,34). The van der Waals surface area contributed by atoms with E-state index in [2.05, 4.69) is 20.3 Å². The van der Waals surface area contributed by atoms with Crippen molar-refractivity contribution >= 4 is 17.6 Å². The first kappa shape index (κ1) is 24.3. The van der Waals surface area contributed by atoms with Gasteiger partial charge >= 0.3 is 17.3 Å². The minimum Gasteiger partial charge on any atom is -0.476 e. The van der Waals surface area contributed by atoms with Crippen molar-refractivity contribution in [3.8, 4) is 11.6 Å². The molecule has 184 valence electrons. The van der Waals surface area contributed by atoms with Crippen LogP contribution in [0.2, 0.25) is 0 Å². The third-order valence-electron chi connectivity index (χ3n) is 5.22. The summed E-state index contributed by atoms with van der Waals surface area (Å²) < 4.78 is 8.14. The van der Waals surface area contributed by atoms with Crippen LogP contribution >= 0.6 is 0 Å². The number of nitrogens with zero attached hydrogens (tertiary/aromatic N) is 5. The molecule has 0 unspecified atom stereocenters. The summed E-state index contributed by atoms with van der Waals surface area (Å²) in [5, 5.41) is 12.1. The van der Waals surface area contributed by atoms with Gasteiger partial charge < -0.3 is 15.2 Å². The van der Waals surface area contributed by atoms with Crippen LogP contribution < -0.4 is 21.4 Å². The third kappa shape index (κ3) is 5.63. The number of hydrogen-bond donors (Lipinski definition) is 2. The van der Waals surface area contributed by atoms with Gasteiger partial charge in [0.05, 0.1) is 18.9 Å². The molecule has 0 aliphatic rings. The Kier molecular flexibility index (Phi) is 7.19. The SMILES string of the molecule is CCCn1c(=O)nc(Nc2ccc(Oc3cncc(C(=O)O)n3)cc2)n(Cc2ccc(C)cc2)c1=O. The molecule has 2 aromatic carbocycles. The maximum Gasteiger partial charge on any atom is 0.356 e. The summed E-state index contributed by atoms with van der Waals surface area (Å²) in [5.41, 5.74) is 1.24. The van der Waals surface area contributed by atoms with Crippen molar-refractivity contribution in [1.82, 2.24) is 24.1 Å². The number of carboxylic acid groups (broad SMARTS) is 1. The number of aryl methyl sites for hydroxylation is 1. The second kappa shape index (κ2) is 10.6. The van der Waals surface area contributed by atoms with E-state index < -0.39 is 17.3 Å². The zero-order valence-corrected chi connectivity index (χ0v) is 19.7. The molecule has 11 heteroatoms. The molecule has 11 nitrogen and oxygen atoms in total. The summed E-state index contributed by atoms with van der Waals surface area (Å²) >= 11 is 0. The minimum absolute atomic E-state index is 0.0312. The second-order valence-corrected chi connectivity index (χ2v) is 8.02. The monoisotopic (exact) mass is 488 g/mol. The van der Waals surface area contributed by atoms with E-state index >= 15 is 0 Å². The number of anilines is 2. The first-order valence-electron chi connectivity index (χ1n) is 11.2. The van der Waals surface area contributed by atoms with Gasteiger partial charge in [-0.15, -0.1) is 0 Å². The van der Waals surface area contributed by atoms with Crippen molar-refractivity contribution < 1.29 is 14.6 Å². The Balaban J connectivity index is 1.61. The van der Waals surface area contributed by atoms with Crippen LogP contribution in [0.5, 0.6) is 11.6 Å². The molecule has 2 heterocycles. The fourth-order valence-electron chi connectivity index (χ4n) is 3.41. The average molecular weight is 489 g/mol. The van der Waals surface area contributed by atoms with Gasteiger partial charge in [0.1, 0.15) is 5.75 Å². The number of ether oxygens (including phenoxy) is 1. The number of hydrogen-bond acceptors (Lipinski definition) is 8. The van der Waals surface area contributed by atoms with Crippen molar-refractivity contribution in [1.29, 1.82) is 0 Å². The van der Waals surface area contributed by atoms with Gasteiger partial charge in [0.25, 0.3) is 0 Å². The molecule has 2 N–H and O–H groups in total. The molecule has 2 aromatic heterocycles. The zero-order valence-electron chi connectivity index (χ0n) is 19.7. The molecule has 0 atom stereocenters. The van der Waals surface area contributed by atoms with E-state index in [9.17, 15) is 14.4 Å². The lowest BCUT2D eigenvalue weighted by Gasteiger charge is -2.16. The summed E-state index contributed by atoms with van der Waals surface area (Å²) in [5.74, 6) is -0.673. The van der Waals surface area contributed by atoms with Crippen LogP contribution in [-0.4, -0.2) is 35.2 Å². The molecule has 0 saturated heterocycles. The molecule has 0 fully saturated rings. The summed E-state index contributed by atoms with van der Waals surface area (Å²) in [6.07, 6.45) is 3.05. The van der Waals surface area contributed by atoms with Crippen molar-refractivity contribution in [2.45, 2.75) is 33.4 Å². The van der Waals surface area contributed by atoms with Crippen molar-refractivity contribution in [3.05, 3.63) is 98.7 Å². The van der Waals surface area contributed by atoms with Crippen LogP contribution in [0, 0.1) is 6.92 Å². The minimum atomic E-state index is -1.21. The quantitative estimate of drug-likeness (QED) is 0.363. The highest BCUT2D eigenvalue weighted by atomic mass is 16.5. The van der Waals surface area contributed by atoms with Gasteiger partial charge in [-0.25, -0.2) is 23.9 Å². The van der Waals surface area contributed by atoms with Crippen molar-refractivity contribution in [2.75, 3.05) is 5.32 Å². The molecular formula is C25H24N6O5. The molecule has 4 rings (SSSR count). The molecule has 4 aromatic rings. The van der Waals surface area contributed by atoms with Gasteiger partial charge in [-0.1, -0.05) is 36.8 Å². The van der Waals surface area contributed by atoms with Gasteiger partial charge in [-0.3, -0.25) is 9.55 Å². The topological polar surface area (TPSA) is 141 Å². The van der Waals surface area contributed by atoms with Crippen LogP contribution in [0.15, 0.2) is 70.5 Å². The summed E-state index contributed by atoms with van der Waals surface area (Å²) in [4.78, 5) is 48.6. The molecule has 0 radical (unpaired) electrons. The lowest BCUT2D eigenvalue weighted by molar-refractivity contribution is 0.0689. The fourth-order valence-corrected chi connectivity index (χ4v) is 3.41. The Morgan fingerprint density at radius 1 is 1.00 bits per heavy atom. The van der Waals surface area contributed by atoms with Gasteiger partial charge in [0.15, 0.2) is 5.69 Å². The van der Waals surface area contributed by atoms with Gasteiger partial charge in [-0.2, -0.15) is 4.98 Å². The first-order chi connectivity index (χ1) is 17.3. The average Bonchev–Trinajstić information content (AvgIpc) is 2.86. The highest BCUT2D eigenvalue weighted by Gasteiger charge is 2.14. The van der Waals surface area contributed by atoms with E-state index in [4.69, 9.17) is 9.84 Å². The Hall–Kier alpha value is -4.80. The summed E-state index contributed by atoms with van der Waals surface area (Å²) in [7, 11) is 0. The van der Waals surface area contributed by atoms with Gasteiger partial charge in [0.2, 0.25) is 11.8 Å². The fraction of sp³-hybridized carbons (Fsp3) is 0.200. The van der Waals surface area contributed by atoms with E-state index in [1.165, 1.54) is 10.8 Å². The van der Waals surface area contributed by atoms with Crippen LogP contribution in [0.4, 0.5) is 11.6 Å². The van der Waals surface area contributed by atoms with Crippen molar-refractivity contribution in [2.24, 2.45) is 0 Å². The number of carbonyl (C=O) groups is 1. The molecule has 0 bridgehead atoms. The van der Waals surface area contributed by atoms with E-state index in [0.717, 1.165) is 21.9 Å². The van der Waals surface area contributed by atoms with Gasteiger partial charge in [0, 0.05) is 12.2 Å². The van der Waals surface area contributed by atoms with E-state index in [1.54, 1.807) is 24.3 Å². The highest BCUT2D eigenvalue weighted by molar-refractivity contribution is 5.84. The Labute approximate surface area is 205 Å². The van der Waals surface area contributed by atoms with Gasteiger partial charge in [-0.05, 0) is 43.2 Å². The molecule has 0 aliphatic heterocycles. The molecule has 0 aliphatic carbocycles. The largest absolute Gasteiger partial charge is 0.476 e. The predicted octanol–water partition coefficient (Wildman–Crippen LogP) is 3.20. The molecule has 0 saturated carbocycles. The Morgan fingerprint density at radius 2 is 1.72 bits per heavy atom. The molecular weight excluding hydrogens is 464 g/mol. The van der Waals surface area contributed by atoms with Crippen LogP contribution in [0.25, 0.3) is 0 Å². The molecule has 0 spiro atoms. The second-order valence-electron chi connectivity index (χ2n) is 8.02. The third-order valence-corrected chi connectivity index (χ3v) is 5.22. The Bertz CT molecular complexity index is 1490. The lowest BCUT2D eigenvalue weighted by atomic mass is 10.1. The molecule has 36 heavy (non-hydrogen) atoms. The summed E-state index contributed by atoms with van der Waals surface area (Å²) in [6.45, 7) is 4.37. The smallest absolute Gasteiger partial charge is 0.356 e. The Morgan fingerprint density at radius 3 is 2.39 bits per heavy atom. The van der Waals surface area contributed by atoms with Crippen LogP contribution in [0.1, 0.15) is 35.0 Å². The maximum atomic E-state index is 13.2. The number of rotatable bonds is 9. The number of carboxylic acids is 1. The molecule has 0 amide bonds. The number of benzene rings is 2. The number of aromatic carboxylic acids is 1. The normalized spacial score (nSPS) is 10.7. The lowest BCUT2D eigenvalue weighted by Crippen LogP contribution is -2.42. The maximum absolute atomic E-state index is 13.2. The predicted molar refractivity (Wildman–Crippen MR) is 132 cm³/mol. The highest BCUT2D eigenvalue weighted by Crippen LogP contribution is 2.22. The zero-order chi connectivity index (χ0) is 25.7. The first-order valence-corrected chi connectivity index (χ1v) is 11.2. The van der Waals surface area contributed by atoms with E-state index in [-0.39, 0.29) is 30.6 Å². The van der Waals surface area contributed by atoms with Crippen LogP contribution in [-0.2, 0) is 13.1 Å². The summed E-state index contributed by atoms with van der Waals surface area (Å²) in [6, 6.07) is 14.4. The van der Waals surface area contributed by atoms with E-state index in [1.807, 2.05) is 38.1 Å².